The fourth-order valence-electron chi connectivity index (χ4n) is 12.6. The third-order valence-electron chi connectivity index (χ3n) is 18.9. The van der Waals surface area contributed by atoms with Gasteiger partial charge in [0.05, 0.1) is 79.9 Å². The van der Waals surface area contributed by atoms with Gasteiger partial charge in [0, 0.05) is 73.6 Å². The molecule has 137 heavy (non-hydrogen) atoms. The summed E-state index contributed by atoms with van der Waals surface area (Å²) in [7, 11) is -21.7. The predicted octanol–water partition coefficient (Wildman–Crippen LogP) is 2.77. The molecule has 0 aliphatic carbocycles. The van der Waals surface area contributed by atoms with Crippen molar-refractivity contribution in [3.63, 3.8) is 0 Å². The zero-order chi connectivity index (χ0) is 96.4. The average molecular weight is 2070 g/mol. The van der Waals surface area contributed by atoms with Gasteiger partial charge >= 0.3 is 197 Å². The molecule has 14 rings (SSSR count). The quantitative estimate of drug-likeness (QED) is 0.0328. The first-order chi connectivity index (χ1) is 61.8. The van der Waals surface area contributed by atoms with E-state index in [1.54, 1.807) is 36.4 Å². The molecule has 2 aliphatic rings. The SMILES string of the molecule is CC(C)(C)c1cc[c-]c(OCOc2[c-]ccc(C(C)(C)C)c2)c1.O=S(=O)([O-])CCCCCCCCCS(=O)(=O)[O-].O=S(=O)=O.O=S(=O)=O.O=S(=O)=O.[C-]#[N+]c1ccc(Oc2cccc(C(C)(C)C)c2)cc1[N+]#[C-].[C-]#[N+]c1cccc(CCCCS(=O)(=O)[O-])c1[N+]#[C-].[Cu+2].[Na+].[Na+].[Na+].[Na+].[Na+].c1ccc2c(c1)-c1nc-2nc2[n-]c(nc3nc(nc4[n-]c(n1)c1ccccc41)-c1ccccc1-3)c1ccccc21. The zero-order valence-electron chi connectivity index (χ0n) is 77.6. The van der Waals surface area contributed by atoms with E-state index in [4.69, 9.17) is 118 Å². The molecule has 5 heterocycles. The fourth-order valence-corrected chi connectivity index (χ4v) is 14.2. The predicted molar refractivity (Wildman–Crippen MR) is 489 cm³/mol. The van der Waals surface area contributed by atoms with Crippen molar-refractivity contribution in [1.29, 1.82) is 0 Å². The number of hydrogen-bond donors (Lipinski definition) is 0. The van der Waals surface area contributed by atoms with Crippen LogP contribution in [0.15, 0.2) is 194 Å². The van der Waals surface area contributed by atoms with Crippen molar-refractivity contribution in [3.05, 3.63) is 274 Å². The first-order valence-electron chi connectivity index (χ1n) is 39.8. The molecule has 1 radical (unpaired) electrons. The van der Waals surface area contributed by atoms with Crippen LogP contribution in [0.5, 0.6) is 23.0 Å². The molecule has 0 N–H and O–H groups in total. The largest absolute Gasteiger partial charge is 2.00 e. The van der Waals surface area contributed by atoms with Crippen LogP contribution in [0.2, 0.25) is 0 Å². The molecule has 3 aromatic heterocycles. The number of para-hydroxylation sites is 1. The van der Waals surface area contributed by atoms with E-state index >= 15 is 0 Å². The van der Waals surface area contributed by atoms with E-state index in [1.165, 1.54) is 16.7 Å². The van der Waals surface area contributed by atoms with Crippen molar-refractivity contribution in [3.8, 4) is 68.5 Å². The maximum atomic E-state index is 10.4. The van der Waals surface area contributed by atoms with Gasteiger partial charge in [-0.3, -0.25) is 9.69 Å². The molecule has 2 aliphatic heterocycles. The Morgan fingerprint density at radius 1 is 0.358 bits per heavy atom. The number of rotatable bonds is 21. The van der Waals surface area contributed by atoms with Crippen molar-refractivity contribution in [2.24, 2.45) is 0 Å². The summed E-state index contributed by atoms with van der Waals surface area (Å²) in [5.74, 6) is 3.88. The third kappa shape index (κ3) is 43.8. The summed E-state index contributed by atoms with van der Waals surface area (Å²) in [6.07, 6.45) is 5.88. The van der Waals surface area contributed by atoms with E-state index in [2.05, 4.69) is 112 Å². The van der Waals surface area contributed by atoms with Gasteiger partial charge in [-0.25, -0.2) is 44.9 Å². The molecule has 0 fully saturated rings. The Bertz CT molecular complexity index is 6740. The van der Waals surface area contributed by atoms with Gasteiger partial charge in [-0.15, -0.1) is 73.3 Å². The van der Waals surface area contributed by atoms with Gasteiger partial charge in [0.2, 0.25) is 6.79 Å². The normalized spacial score (nSPS) is 10.7. The number of nitrogens with zero attached hydrogens (tertiary/aromatic N) is 12. The summed E-state index contributed by atoms with van der Waals surface area (Å²) >= 11 is 0. The van der Waals surface area contributed by atoms with Crippen LogP contribution in [0, 0.1) is 38.4 Å². The van der Waals surface area contributed by atoms with Gasteiger partial charge in [-0.2, -0.15) is 24.3 Å². The van der Waals surface area contributed by atoms with Crippen LogP contribution in [-0.4, -0.2) is 131 Å². The maximum Gasteiger partial charge on any atom is 2.00 e. The summed E-state index contributed by atoms with van der Waals surface area (Å²) < 4.78 is 186. The second-order valence-electron chi connectivity index (χ2n) is 31.5. The van der Waals surface area contributed by atoms with Crippen LogP contribution in [0.25, 0.3) is 109 Å². The minimum absolute atomic E-state index is 0. The first-order valence-corrected chi connectivity index (χ1v) is 47.6. The zero-order valence-corrected chi connectivity index (χ0v) is 93.4. The van der Waals surface area contributed by atoms with E-state index < -0.39 is 62.2 Å². The van der Waals surface area contributed by atoms with Crippen LogP contribution in [-0.2, 0) is 102 Å². The summed E-state index contributed by atoms with van der Waals surface area (Å²) in [5.41, 5.74) is 11.6. The summed E-state index contributed by atoms with van der Waals surface area (Å²) in [4.78, 5) is 52.5. The molecule has 0 saturated carbocycles. The molecule has 9 aromatic carbocycles. The summed E-state index contributed by atoms with van der Waals surface area (Å²) in [6.45, 7) is 47.8. The molecule has 33 nitrogen and oxygen atoms in total. The molecular weight excluding hydrogens is 1980 g/mol. The van der Waals surface area contributed by atoms with Crippen LogP contribution >= 0.6 is 0 Å². The topological polar surface area (TPSA) is 476 Å². The number of unbranched alkanes of at least 4 members (excludes halogenated alkanes) is 7. The van der Waals surface area contributed by atoms with Gasteiger partial charge in [0.25, 0.3) is 0 Å². The van der Waals surface area contributed by atoms with E-state index in [0.717, 1.165) is 74.4 Å². The minimum atomic E-state index is -4.17. The van der Waals surface area contributed by atoms with E-state index in [9.17, 15) is 38.9 Å². The Kier molecular flexibility index (Phi) is 56.3. The standard InChI is InChI=1S/C32H16N8.C21H26O2.C18H16N2O.C12H12N2O3S.C9H20O6S2.Cu.5Na.3O3S/c1-2-10-18-17(9-1)25-33-26(18)38-28-21-13-5-6-14-22(21)30(35-28)40-32-24-16-8-7-15-23(24)31(36-32)39-29-20-12-4-3-11-19(20)27(34-29)37-25;1-20(2,3)16-9-7-11-18(13-16)22-15-23-19-12-8-10-17(14-19)21(4,5)6;1-18(2,3)13-7-6-8-14(11-13)21-15-9-10-16(19-4)17(12-15)20-5;1-13-11-8-5-7-10(12(11)14-2)6-3-4-9-18(15,16)17;10-16(11,12)8-6-4-2-1-3-5-7-9-17(13,14)15;;;;;;;3*1-4(2)3/h1-16H;7-10,13-14H,15H2,1-6H3;6-12H,1-3H3;5,7-8H,3-4,6,9H2,(H,15,16,17);1-9H2,(H,10,11,12)(H,13,14,15);;;;;;;;;/q2*-2;;;;+2;5*+1;;;/p-3. The van der Waals surface area contributed by atoms with Crippen molar-refractivity contribution in [2.75, 3.05) is 24.1 Å². The maximum absolute atomic E-state index is 10.4. The summed E-state index contributed by atoms with van der Waals surface area (Å²) in [6, 6.07) is 67.8. The van der Waals surface area contributed by atoms with Gasteiger partial charge < -0.3 is 57.8 Å². The number of ether oxygens (including phenoxy) is 3. The summed E-state index contributed by atoms with van der Waals surface area (Å²) in [5, 5.41) is 3.57. The molecule has 0 spiro atoms. The monoisotopic (exact) mass is 2070 g/mol. The van der Waals surface area contributed by atoms with Crippen molar-refractivity contribution >= 4 is 129 Å². The Hall–Kier alpha value is -8.19. The smallest absolute Gasteiger partial charge is 0.748 e. The van der Waals surface area contributed by atoms with E-state index in [1.807, 2.05) is 140 Å². The minimum Gasteiger partial charge on any atom is -0.748 e. The van der Waals surface area contributed by atoms with Crippen molar-refractivity contribution in [1.82, 2.24) is 39.9 Å². The molecule has 45 heteroatoms. The molecule has 0 unspecified atom stereocenters. The average Bonchev–Trinajstić information content (AvgIpc) is 1.60. The number of hydrogen-bond acceptors (Lipinski definition) is 27. The molecular formula is C92H87CuN12Na5O21S6. The number of benzene rings is 9. The van der Waals surface area contributed by atoms with Crippen LogP contribution in [0.1, 0.15) is 142 Å². The molecule has 0 amide bonds. The number of aryl methyl sites for hydroxylation is 1. The van der Waals surface area contributed by atoms with Gasteiger partial charge in [0.1, 0.15) is 11.5 Å². The van der Waals surface area contributed by atoms with Gasteiger partial charge in [-0.1, -0.05) is 233 Å². The first kappa shape index (κ1) is 127. The van der Waals surface area contributed by atoms with Gasteiger partial charge in [-0.05, 0) is 99.7 Å². The molecule has 0 atom stereocenters. The Morgan fingerprint density at radius 2 is 0.672 bits per heavy atom. The molecule has 693 valence electrons. The molecule has 8 bridgehead atoms. The number of fused-ring (bicyclic) bond motifs is 20. The fraction of sp³-hybridized carbons (Fsp3) is 0.283. The van der Waals surface area contributed by atoms with E-state index in [0.29, 0.717) is 124 Å². The Balaban J connectivity index is 0.000000854. The Labute approximate surface area is 922 Å². The van der Waals surface area contributed by atoms with Crippen LogP contribution in [0.4, 0.5) is 22.7 Å². The third-order valence-corrected chi connectivity index (χ3v) is 21.2. The second-order valence-corrected chi connectivity index (χ2v) is 37.3. The van der Waals surface area contributed by atoms with Crippen LogP contribution in [0.3, 0.4) is 0 Å². The molecule has 12 aromatic rings. The number of aromatic nitrogens is 8. The van der Waals surface area contributed by atoms with Crippen molar-refractivity contribution < 1.29 is 256 Å². The Morgan fingerprint density at radius 3 is 1.00 bits per heavy atom. The van der Waals surface area contributed by atoms with Gasteiger partial charge in [0.15, 0.2) is 22.7 Å². The second kappa shape index (κ2) is 60.8. The van der Waals surface area contributed by atoms with E-state index in [-0.39, 0.29) is 212 Å². The van der Waals surface area contributed by atoms with Crippen LogP contribution < -0.4 is 172 Å². The van der Waals surface area contributed by atoms with Crippen molar-refractivity contribution in [2.45, 2.75) is 143 Å². The molecule has 0 saturated heterocycles.